The van der Waals surface area contributed by atoms with Gasteiger partial charge in [0.15, 0.2) is 0 Å². The maximum atomic E-state index is 13.2. The average Bonchev–Trinajstić information content (AvgIpc) is 2.84. The van der Waals surface area contributed by atoms with Crippen LogP contribution in [0.1, 0.15) is 12.6 Å². The molecule has 0 fully saturated rings. The van der Waals surface area contributed by atoms with Crippen LogP contribution in [0.25, 0.3) is 0 Å². The van der Waals surface area contributed by atoms with Crippen LogP contribution in [0, 0.1) is 5.82 Å². The fraction of sp³-hybridized carbons (Fsp3) is 0.231. The number of H-pyrrole nitrogens is 1. The Morgan fingerprint density at radius 2 is 2.05 bits per heavy atom. The summed E-state index contributed by atoms with van der Waals surface area (Å²) < 4.78 is 39.9. The van der Waals surface area contributed by atoms with Crippen LogP contribution in [0.15, 0.2) is 35.4 Å². The Balaban J connectivity index is 2.19. The van der Waals surface area contributed by atoms with Gasteiger partial charge in [0, 0.05) is 23.5 Å². The third-order valence-corrected chi connectivity index (χ3v) is 4.29. The molecule has 0 bridgehead atoms. The predicted molar refractivity (Wildman–Crippen MR) is 80.4 cm³/mol. The van der Waals surface area contributed by atoms with Gasteiger partial charge >= 0.3 is 0 Å². The van der Waals surface area contributed by atoms with Crippen molar-refractivity contribution in [3.05, 3.63) is 47.0 Å². The smallest absolute Gasteiger partial charge is 0.263 e. The van der Waals surface area contributed by atoms with Gasteiger partial charge in [-0.05, 0) is 30.8 Å². The van der Waals surface area contributed by atoms with Crippen LogP contribution >= 0.6 is 11.6 Å². The number of aromatic nitrogens is 1. The van der Waals surface area contributed by atoms with Gasteiger partial charge in [-0.25, -0.2) is 12.8 Å². The van der Waals surface area contributed by atoms with Gasteiger partial charge in [0.1, 0.15) is 10.7 Å². The van der Waals surface area contributed by atoms with Gasteiger partial charge in [0.25, 0.3) is 10.0 Å². The zero-order chi connectivity index (χ0) is 15.5. The lowest BCUT2D eigenvalue weighted by Gasteiger charge is -2.07. The molecule has 2 aromatic rings. The standard InChI is InChI=1S/C13H15ClFN3O2S/c1-2-16-7-12-6-13(8-17-12)21(19,20)18-11-4-9(14)3-10(15)5-11/h3-6,8,16-18H,2,7H2,1H3. The predicted octanol–water partition coefficient (Wildman–Crippen LogP) is 2.72. The summed E-state index contributed by atoms with van der Waals surface area (Å²) in [6, 6.07) is 5.03. The zero-order valence-corrected chi connectivity index (χ0v) is 12.9. The lowest BCUT2D eigenvalue weighted by atomic mass is 10.3. The topological polar surface area (TPSA) is 74.0 Å². The van der Waals surface area contributed by atoms with E-state index in [9.17, 15) is 12.8 Å². The summed E-state index contributed by atoms with van der Waals surface area (Å²) in [5.74, 6) is -0.609. The molecule has 114 valence electrons. The average molecular weight is 332 g/mol. The minimum atomic E-state index is -3.79. The number of hydrogen-bond acceptors (Lipinski definition) is 3. The number of hydrogen-bond donors (Lipinski definition) is 3. The molecule has 0 aliphatic heterocycles. The lowest BCUT2D eigenvalue weighted by Crippen LogP contribution is -2.13. The zero-order valence-electron chi connectivity index (χ0n) is 11.3. The highest BCUT2D eigenvalue weighted by atomic mass is 35.5. The minimum absolute atomic E-state index is 0.0782. The maximum Gasteiger partial charge on any atom is 0.263 e. The molecule has 21 heavy (non-hydrogen) atoms. The Bertz CT molecular complexity index is 711. The van der Waals surface area contributed by atoms with Crippen LogP contribution in [-0.2, 0) is 16.6 Å². The monoisotopic (exact) mass is 331 g/mol. The van der Waals surface area contributed by atoms with E-state index in [1.165, 1.54) is 18.3 Å². The van der Waals surface area contributed by atoms with Gasteiger partial charge in [-0.15, -0.1) is 0 Å². The van der Waals surface area contributed by atoms with E-state index in [4.69, 9.17) is 11.6 Å². The SMILES string of the molecule is CCNCc1cc(S(=O)(=O)Nc2cc(F)cc(Cl)c2)c[nH]1. The van der Waals surface area contributed by atoms with Crippen LogP contribution in [0.2, 0.25) is 5.02 Å². The summed E-state index contributed by atoms with van der Waals surface area (Å²) in [5, 5.41) is 3.20. The molecule has 0 saturated heterocycles. The van der Waals surface area contributed by atoms with E-state index >= 15 is 0 Å². The van der Waals surface area contributed by atoms with Crippen LogP contribution in [0.4, 0.5) is 10.1 Å². The van der Waals surface area contributed by atoms with Crippen LogP contribution in [0.3, 0.4) is 0 Å². The van der Waals surface area contributed by atoms with Crippen molar-refractivity contribution in [2.24, 2.45) is 0 Å². The largest absolute Gasteiger partial charge is 0.363 e. The molecule has 0 unspecified atom stereocenters. The van der Waals surface area contributed by atoms with Crippen LogP contribution in [0.5, 0.6) is 0 Å². The molecule has 1 heterocycles. The second-order valence-electron chi connectivity index (χ2n) is 4.40. The Morgan fingerprint density at radius 1 is 1.29 bits per heavy atom. The second-order valence-corrected chi connectivity index (χ2v) is 6.52. The normalized spacial score (nSPS) is 11.6. The first kappa shape index (κ1) is 15.8. The first-order valence-electron chi connectivity index (χ1n) is 6.27. The van der Waals surface area contributed by atoms with Crippen molar-refractivity contribution in [2.45, 2.75) is 18.4 Å². The number of benzene rings is 1. The molecule has 0 aliphatic carbocycles. The Labute approximate surface area is 127 Å². The first-order valence-corrected chi connectivity index (χ1v) is 8.14. The molecule has 0 aliphatic rings. The summed E-state index contributed by atoms with van der Waals surface area (Å²) in [5.41, 5.74) is 0.823. The quantitative estimate of drug-likeness (QED) is 0.762. The Kier molecular flexibility index (Phi) is 4.87. The fourth-order valence-electron chi connectivity index (χ4n) is 1.76. The molecule has 1 aromatic heterocycles. The van der Waals surface area contributed by atoms with E-state index in [-0.39, 0.29) is 15.6 Å². The summed E-state index contributed by atoms with van der Waals surface area (Å²) >= 11 is 5.70. The molecule has 5 nitrogen and oxygen atoms in total. The molecule has 3 N–H and O–H groups in total. The Morgan fingerprint density at radius 3 is 2.71 bits per heavy atom. The molecule has 0 atom stereocenters. The highest BCUT2D eigenvalue weighted by molar-refractivity contribution is 7.92. The van der Waals surface area contributed by atoms with Crippen molar-refractivity contribution in [3.8, 4) is 0 Å². The number of nitrogens with one attached hydrogen (secondary N) is 3. The second kappa shape index (κ2) is 6.46. The van der Waals surface area contributed by atoms with Crippen molar-refractivity contribution in [2.75, 3.05) is 11.3 Å². The van der Waals surface area contributed by atoms with Crippen LogP contribution < -0.4 is 10.0 Å². The number of aromatic amines is 1. The molecule has 8 heteroatoms. The molecule has 1 aromatic carbocycles. The van der Waals surface area contributed by atoms with Gasteiger partial charge < -0.3 is 10.3 Å². The number of halogens is 2. The molecule has 0 spiro atoms. The highest BCUT2D eigenvalue weighted by Gasteiger charge is 2.16. The lowest BCUT2D eigenvalue weighted by molar-refractivity contribution is 0.601. The van der Waals surface area contributed by atoms with Crippen molar-refractivity contribution < 1.29 is 12.8 Å². The van der Waals surface area contributed by atoms with Crippen molar-refractivity contribution in [3.63, 3.8) is 0 Å². The third-order valence-electron chi connectivity index (χ3n) is 2.71. The minimum Gasteiger partial charge on any atom is -0.363 e. The summed E-state index contributed by atoms with van der Waals surface area (Å²) in [6.45, 7) is 3.27. The highest BCUT2D eigenvalue weighted by Crippen LogP contribution is 2.21. The molecule has 2 rings (SSSR count). The Hall–Kier alpha value is -1.57. The first-order chi connectivity index (χ1) is 9.90. The number of rotatable bonds is 6. The van der Waals surface area contributed by atoms with Crippen molar-refractivity contribution in [1.29, 1.82) is 0 Å². The summed E-state index contributed by atoms with van der Waals surface area (Å²) in [6.07, 6.45) is 1.38. The van der Waals surface area contributed by atoms with E-state index in [0.717, 1.165) is 24.4 Å². The van der Waals surface area contributed by atoms with Gasteiger partial charge in [-0.3, -0.25) is 4.72 Å². The summed E-state index contributed by atoms with van der Waals surface area (Å²) in [7, 11) is -3.79. The third kappa shape index (κ3) is 4.20. The van der Waals surface area contributed by atoms with Crippen LogP contribution in [-0.4, -0.2) is 19.9 Å². The van der Waals surface area contributed by atoms with E-state index in [1.807, 2.05) is 6.92 Å². The van der Waals surface area contributed by atoms with Gasteiger partial charge in [0.05, 0.1) is 5.69 Å². The molecule has 0 amide bonds. The summed E-state index contributed by atoms with van der Waals surface area (Å²) in [4.78, 5) is 2.95. The van der Waals surface area contributed by atoms with Gasteiger partial charge in [-0.1, -0.05) is 18.5 Å². The molecule has 0 saturated carbocycles. The maximum absolute atomic E-state index is 13.2. The van der Waals surface area contributed by atoms with Gasteiger partial charge in [-0.2, -0.15) is 0 Å². The van der Waals surface area contributed by atoms with E-state index in [0.29, 0.717) is 6.54 Å². The fourth-order valence-corrected chi connectivity index (χ4v) is 3.04. The van der Waals surface area contributed by atoms with Crippen molar-refractivity contribution in [1.82, 2.24) is 10.3 Å². The van der Waals surface area contributed by atoms with E-state index < -0.39 is 15.8 Å². The number of sulfonamides is 1. The molecular weight excluding hydrogens is 317 g/mol. The van der Waals surface area contributed by atoms with Gasteiger partial charge in [0.2, 0.25) is 0 Å². The van der Waals surface area contributed by atoms with Crippen molar-refractivity contribution >= 4 is 27.3 Å². The van der Waals surface area contributed by atoms with E-state index in [2.05, 4.69) is 15.0 Å². The number of anilines is 1. The molecule has 0 radical (unpaired) electrons. The molecular formula is C13H15ClFN3O2S. The van der Waals surface area contributed by atoms with E-state index in [1.54, 1.807) is 0 Å².